The predicted molar refractivity (Wildman–Crippen MR) is 49.7 cm³/mol. The maximum atomic E-state index is 10.5. The Balaban J connectivity index is 2.35. The van der Waals surface area contributed by atoms with E-state index in [-0.39, 0.29) is 6.42 Å². The maximum Gasteiger partial charge on any atom is 0.307 e. The average Bonchev–Trinajstić information content (AvgIpc) is 2.70. The van der Waals surface area contributed by atoms with Gasteiger partial charge in [-0.1, -0.05) is 0 Å². The van der Waals surface area contributed by atoms with Gasteiger partial charge >= 0.3 is 5.97 Å². The van der Waals surface area contributed by atoms with E-state index in [9.17, 15) is 4.79 Å². The molecule has 0 spiro atoms. The molecule has 0 unspecified atom stereocenters. The number of H-pyrrole nitrogens is 2. The van der Waals surface area contributed by atoms with Crippen molar-refractivity contribution in [3.8, 4) is 11.4 Å². The standard InChI is InChI=1S/C9H9N3O2/c13-8(14)4-6-5-11-12-9(6)7-2-1-3-10-7/h1-3,5,10H,4H2,(H,11,12)(H,13,14). The molecule has 0 atom stereocenters. The smallest absolute Gasteiger partial charge is 0.307 e. The number of carboxylic acids is 1. The van der Waals surface area contributed by atoms with Gasteiger partial charge in [0, 0.05) is 11.8 Å². The van der Waals surface area contributed by atoms with Crippen LogP contribution in [-0.4, -0.2) is 26.3 Å². The summed E-state index contributed by atoms with van der Waals surface area (Å²) in [6.07, 6.45) is 3.29. The quantitative estimate of drug-likeness (QED) is 0.677. The molecule has 0 bridgehead atoms. The SMILES string of the molecule is O=C(O)Cc1cn[nH]c1-c1ccc[nH]1. The Kier molecular flexibility index (Phi) is 2.06. The van der Waals surface area contributed by atoms with Crippen LogP contribution >= 0.6 is 0 Å². The first-order valence-electron chi connectivity index (χ1n) is 4.15. The summed E-state index contributed by atoms with van der Waals surface area (Å²) in [4.78, 5) is 13.5. The molecule has 0 saturated carbocycles. The Labute approximate surface area is 79.8 Å². The molecule has 0 radical (unpaired) electrons. The van der Waals surface area contributed by atoms with E-state index >= 15 is 0 Å². The van der Waals surface area contributed by atoms with E-state index in [1.165, 1.54) is 6.20 Å². The molecule has 14 heavy (non-hydrogen) atoms. The summed E-state index contributed by atoms with van der Waals surface area (Å²) in [5, 5.41) is 15.2. The topological polar surface area (TPSA) is 81.8 Å². The highest BCUT2D eigenvalue weighted by Crippen LogP contribution is 2.18. The van der Waals surface area contributed by atoms with Gasteiger partial charge in [-0.05, 0) is 12.1 Å². The molecule has 3 N–H and O–H groups in total. The minimum atomic E-state index is -0.862. The second-order valence-corrected chi connectivity index (χ2v) is 2.92. The molecule has 5 heteroatoms. The molecule has 0 aliphatic carbocycles. The predicted octanol–water partition coefficient (Wildman–Crippen LogP) is 1.03. The number of aliphatic carboxylic acids is 1. The zero-order chi connectivity index (χ0) is 9.97. The number of hydrogen-bond acceptors (Lipinski definition) is 2. The van der Waals surface area contributed by atoms with Gasteiger partial charge in [-0.2, -0.15) is 5.10 Å². The first-order chi connectivity index (χ1) is 6.77. The molecule has 5 nitrogen and oxygen atoms in total. The third kappa shape index (κ3) is 1.52. The van der Waals surface area contributed by atoms with Gasteiger partial charge in [0.05, 0.1) is 24.0 Å². The highest BCUT2D eigenvalue weighted by Gasteiger charge is 2.10. The molecule has 2 heterocycles. The lowest BCUT2D eigenvalue weighted by molar-refractivity contribution is -0.136. The molecule has 0 aliphatic heterocycles. The molecule has 72 valence electrons. The summed E-state index contributed by atoms with van der Waals surface area (Å²) >= 11 is 0. The van der Waals surface area contributed by atoms with Crippen molar-refractivity contribution in [1.82, 2.24) is 15.2 Å². The van der Waals surface area contributed by atoms with E-state index in [0.717, 1.165) is 11.4 Å². The summed E-state index contributed by atoms with van der Waals surface area (Å²) in [6, 6.07) is 3.71. The molecule has 0 saturated heterocycles. The summed E-state index contributed by atoms with van der Waals surface area (Å²) in [6.45, 7) is 0. The molecule has 2 aromatic heterocycles. The van der Waals surface area contributed by atoms with Crippen molar-refractivity contribution in [2.24, 2.45) is 0 Å². The first kappa shape index (κ1) is 8.55. The number of aromatic amines is 2. The van der Waals surface area contributed by atoms with Crippen molar-refractivity contribution in [3.05, 3.63) is 30.1 Å². The third-order valence-corrected chi connectivity index (χ3v) is 1.93. The van der Waals surface area contributed by atoms with Crippen LogP contribution in [0.2, 0.25) is 0 Å². The van der Waals surface area contributed by atoms with Gasteiger partial charge in [0.15, 0.2) is 0 Å². The second-order valence-electron chi connectivity index (χ2n) is 2.92. The Morgan fingerprint density at radius 3 is 3.07 bits per heavy atom. The normalized spacial score (nSPS) is 10.3. The zero-order valence-electron chi connectivity index (χ0n) is 7.32. The lowest BCUT2D eigenvalue weighted by Crippen LogP contribution is -2.00. The maximum absolute atomic E-state index is 10.5. The fraction of sp³-hybridized carbons (Fsp3) is 0.111. The first-order valence-corrected chi connectivity index (χ1v) is 4.15. The Hall–Kier alpha value is -2.04. The minimum Gasteiger partial charge on any atom is -0.481 e. The van der Waals surface area contributed by atoms with Crippen molar-refractivity contribution in [2.75, 3.05) is 0 Å². The Morgan fingerprint density at radius 2 is 2.43 bits per heavy atom. The summed E-state index contributed by atoms with van der Waals surface area (Å²) in [5.41, 5.74) is 2.26. The highest BCUT2D eigenvalue weighted by atomic mass is 16.4. The van der Waals surface area contributed by atoms with Crippen LogP contribution in [0, 0.1) is 0 Å². The van der Waals surface area contributed by atoms with Crippen LogP contribution in [0.15, 0.2) is 24.5 Å². The number of nitrogens with one attached hydrogen (secondary N) is 2. The largest absolute Gasteiger partial charge is 0.481 e. The third-order valence-electron chi connectivity index (χ3n) is 1.93. The molecule has 0 fully saturated rings. The van der Waals surface area contributed by atoms with E-state index in [2.05, 4.69) is 15.2 Å². The van der Waals surface area contributed by atoms with Gasteiger partial charge in [0.1, 0.15) is 0 Å². The summed E-state index contributed by atoms with van der Waals surface area (Å²) in [7, 11) is 0. The van der Waals surface area contributed by atoms with Gasteiger partial charge < -0.3 is 10.1 Å². The van der Waals surface area contributed by atoms with Gasteiger partial charge in [0.25, 0.3) is 0 Å². The van der Waals surface area contributed by atoms with Gasteiger partial charge in [-0.25, -0.2) is 0 Å². The van der Waals surface area contributed by atoms with Crippen LogP contribution in [0.25, 0.3) is 11.4 Å². The molecular formula is C9H9N3O2. The average molecular weight is 191 g/mol. The van der Waals surface area contributed by atoms with E-state index in [4.69, 9.17) is 5.11 Å². The Morgan fingerprint density at radius 1 is 1.57 bits per heavy atom. The lowest BCUT2D eigenvalue weighted by Gasteiger charge is -1.96. The lowest BCUT2D eigenvalue weighted by atomic mass is 10.1. The summed E-state index contributed by atoms with van der Waals surface area (Å²) in [5.74, 6) is -0.862. The van der Waals surface area contributed by atoms with Crippen molar-refractivity contribution in [1.29, 1.82) is 0 Å². The van der Waals surface area contributed by atoms with E-state index in [1.54, 1.807) is 6.20 Å². The Bertz CT molecular complexity index is 431. The molecular weight excluding hydrogens is 182 g/mol. The van der Waals surface area contributed by atoms with Crippen molar-refractivity contribution >= 4 is 5.97 Å². The molecule has 2 aromatic rings. The summed E-state index contributed by atoms with van der Waals surface area (Å²) < 4.78 is 0. The van der Waals surface area contributed by atoms with Crippen LogP contribution < -0.4 is 0 Å². The second kappa shape index (κ2) is 3.37. The zero-order valence-corrected chi connectivity index (χ0v) is 7.32. The fourth-order valence-electron chi connectivity index (χ4n) is 1.33. The number of carboxylic acid groups (broad SMARTS) is 1. The van der Waals surface area contributed by atoms with Gasteiger partial charge in [-0.3, -0.25) is 9.89 Å². The van der Waals surface area contributed by atoms with E-state index in [0.29, 0.717) is 5.56 Å². The monoisotopic (exact) mass is 191 g/mol. The van der Waals surface area contributed by atoms with E-state index in [1.807, 2.05) is 12.1 Å². The van der Waals surface area contributed by atoms with E-state index < -0.39 is 5.97 Å². The highest BCUT2D eigenvalue weighted by molar-refractivity contribution is 5.73. The number of nitrogens with zero attached hydrogens (tertiary/aromatic N) is 1. The van der Waals surface area contributed by atoms with Crippen molar-refractivity contribution < 1.29 is 9.90 Å². The van der Waals surface area contributed by atoms with Gasteiger partial charge in [0.2, 0.25) is 0 Å². The molecule has 0 aromatic carbocycles. The van der Waals surface area contributed by atoms with Crippen LogP contribution in [0.1, 0.15) is 5.56 Å². The number of aromatic nitrogens is 3. The molecule has 0 aliphatic rings. The number of carbonyl (C=O) groups is 1. The van der Waals surface area contributed by atoms with Crippen LogP contribution in [0.3, 0.4) is 0 Å². The number of rotatable bonds is 3. The molecule has 2 rings (SSSR count). The fourth-order valence-corrected chi connectivity index (χ4v) is 1.33. The van der Waals surface area contributed by atoms with Crippen LogP contribution in [0.4, 0.5) is 0 Å². The molecule has 0 amide bonds. The van der Waals surface area contributed by atoms with Crippen molar-refractivity contribution in [2.45, 2.75) is 6.42 Å². The minimum absolute atomic E-state index is 0.0230. The van der Waals surface area contributed by atoms with Crippen LogP contribution in [-0.2, 0) is 11.2 Å². The number of hydrogen-bond donors (Lipinski definition) is 3. The van der Waals surface area contributed by atoms with Gasteiger partial charge in [-0.15, -0.1) is 0 Å². The van der Waals surface area contributed by atoms with Crippen LogP contribution in [0.5, 0.6) is 0 Å². The van der Waals surface area contributed by atoms with Crippen molar-refractivity contribution in [3.63, 3.8) is 0 Å².